The minimum absolute atomic E-state index is 0.0171. The Morgan fingerprint density at radius 2 is 2.13 bits per heavy atom. The second-order valence-corrected chi connectivity index (χ2v) is 9.95. The molecule has 31 heavy (non-hydrogen) atoms. The van der Waals surface area contributed by atoms with Gasteiger partial charge in [-0.05, 0) is 37.5 Å². The molecule has 0 aromatic rings. The normalized spacial score (nSPS) is 44.4. The molecule has 5 aliphatic rings. The summed E-state index contributed by atoms with van der Waals surface area (Å²) in [5, 5.41) is 12.2. The van der Waals surface area contributed by atoms with Crippen molar-refractivity contribution < 1.29 is 28.8 Å². The highest BCUT2D eigenvalue weighted by molar-refractivity contribution is 5.83. The summed E-state index contributed by atoms with van der Waals surface area (Å²) in [4.78, 5) is 13.2. The quantitative estimate of drug-likeness (QED) is 0.423. The van der Waals surface area contributed by atoms with Crippen molar-refractivity contribution in [3.8, 4) is 12.0 Å². The molecule has 6 heteroatoms. The van der Waals surface area contributed by atoms with E-state index in [1.54, 1.807) is 6.08 Å². The van der Waals surface area contributed by atoms with Crippen LogP contribution < -0.4 is 0 Å². The highest BCUT2D eigenvalue weighted by atomic mass is 16.7. The molecule has 168 valence electrons. The third-order valence-corrected chi connectivity index (χ3v) is 8.64. The highest BCUT2D eigenvalue weighted by Gasteiger charge is 2.73. The monoisotopic (exact) mass is 428 g/mol. The zero-order valence-corrected chi connectivity index (χ0v) is 18.4. The van der Waals surface area contributed by atoms with Gasteiger partial charge in [-0.2, -0.15) is 0 Å². The van der Waals surface area contributed by atoms with Gasteiger partial charge in [-0.15, -0.1) is 6.58 Å². The van der Waals surface area contributed by atoms with Gasteiger partial charge in [0.15, 0.2) is 5.79 Å². The molecule has 2 aliphatic heterocycles. The second-order valence-electron chi connectivity index (χ2n) is 9.95. The Morgan fingerprint density at radius 1 is 1.35 bits per heavy atom. The van der Waals surface area contributed by atoms with Crippen molar-refractivity contribution in [1.29, 1.82) is 0 Å². The molecular weight excluding hydrogens is 396 g/mol. The van der Waals surface area contributed by atoms with E-state index in [9.17, 15) is 9.90 Å². The molecule has 2 heterocycles. The van der Waals surface area contributed by atoms with E-state index in [1.807, 2.05) is 6.92 Å². The van der Waals surface area contributed by atoms with Crippen molar-refractivity contribution in [1.82, 2.24) is 0 Å². The maximum absolute atomic E-state index is 13.2. The van der Waals surface area contributed by atoms with Crippen LogP contribution in [-0.2, 0) is 23.7 Å². The van der Waals surface area contributed by atoms with Crippen LogP contribution in [-0.4, -0.2) is 48.4 Å². The summed E-state index contributed by atoms with van der Waals surface area (Å²) in [7, 11) is 0. The number of carbonyl (C=O) groups excluding carboxylic acids is 1. The van der Waals surface area contributed by atoms with Gasteiger partial charge in [0.25, 0.3) is 0 Å². The Bertz CT molecular complexity index is 876. The average Bonchev–Trinajstić information content (AvgIpc) is 3.31. The smallest absolute Gasteiger partial charge is 0.316 e. The van der Waals surface area contributed by atoms with Crippen molar-refractivity contribution in [3.63, 3.8) is 0 Å². The van der Waals surface area contributed by atoms with Crippen LogP contribution in [0.3, 0.4) is 0 Å². The lowest BCUT2D eigenvalue weighted by Gasteiger charge is -2.59. The summed E-state index contributed by atoms with van der Waals surface area (Å²) in [5.41, 5.74) is -1.55. The molecule has 1 N–H and O–H groups in total. The topological polar surface area (TPSA) is 74.2 Å². The van der Waals surface area contributed by atoms with E-state index in [4.69, 9.17) is 18.9 Å². The zero-order valence-electron chi connectivity index (χ0n) is 18.4. The lowest BCUT2D eigenvalue weighted by atomic mass is 9.45. The molecule has 2 saturated carbocycles. The van der Waals surface area contributed by atoms with Crippen LogP contribution >= 0.6 is 0 Å². The predicted octanol–water partition coefficient (Wildman–Crippen LogP) is 3.10. The number of allylic oxidation sites excluding steroid dienone is 2. The fourth-order valence-corrected chi connectivity index (χ4v) is 7.13. The van der Waals surface area contributed by atoms with Crippen LogP contribution in [0.1, 0.15) is 52.4 Å². The number of rotatable bonds is 3. The van der Waals surface area contributed by atoms with E-state index in [0.29, 0.717) is 39.1 Å². The number of hydrogen-bond donors (Lipinski definition) is 1. The zero-order chi connectivity index (χ0) is 21.9. The van der Waals surface area contributed by atoms with Crippen LogP contribution in [0.15, 0.2) is 24.3 Å². The summed E-state index contributed by atoms with van der Waals surface area (Å²) in [6.07, 6.45) is 10.2. The molecule has 0 aromatic carbocycles. The van der Waals surface area contributed by atoms with Crippen LogP contribution in [0.5, 0.6) is 0 Å². The van der Waals surface area contributed by atoms with Crippen molar-refractivity contribution >= 4 is 5.97 Å². The van der Waals surface area contributed by atoms with Crippen LogP contribution in [0, 0.1) is 34.7 Å². The molecule has 6 nitrogen and oxygen atoms in total. The Morgan fingerprint density at radius 3 is 2.84 bits per heavy atom. The van der Waals surface area contributed by atoms with E-state index < -0.39 is 16.8 Å². The van der Waals surface area contributed by atoms with Crippen LogP contribution in [0.2, 0.25) is 0 Å². The molecule has 2 saturated heterocycles. The number of hydrogen-bond acceptors (Lipinski definition) is 6. The lowest BCUT2D eigenvalue weighted by molar-refractivity contribution is -0.195. The Hall–Kier alpha value is -1.81. The van der Waals surface area contributed by atoms with Gasteiger partial charge in [0.05, 0.1) is 19.8 Å². The Kier molecular flexibility index (Phi) is 4.82. The largest absolute Gasteiger partial charge is 0.461 e. The molecule has 5 rings (SSSR count). The minimum Gasteiger partial charge on any atom is -0.461 e. The number of fused-ring (bicyclic) bond motifs is 6. The number of ether oxygens (including phenoxy) is 4. The van der Waals surface area contributed by atoms with Crippen LogP contribution in [0.25, 0.3) is 0 Å². The second kappa shape index (κ2) is 7.10. The van der Waals surface area contributed by atoms with Crippen molar-refractivity contribution in [2.45, 2.75) is 69.9 Å². The van der Waals surface area contributed by atoms with Gasteiger partial charge in [-0.25, -0.2) is 0 Å². The third-order valence-electron chi connectivity index (χ3n) is 8.64. The van der Waals surface area contributed by atoms with Gasteiger partial charge in [-0.1, -0.05) is 24.6 Å². The fourth-order valence-electron chi connectivity index (χ4n) is 7.13. The van der Waals surface area contributed by atoms with Crippen molar-refractivity contribution in [2.24, 2.45) is 22.7 Å². The molecule has 0 aromatic heterocycles. The first-order valence-electron chi connectivity index (χ1n) is 11.5. The highest BCUT2D eigenvalue weighted by Crippen LogP contribution is 2.67. The molecule has 6 atom stereocenters. The van der Waals surface area contributed by atoms with Gasteiger partial charge in [0, 0.05) is 31.1 Å². The molecular formula is C25H32O6. The van der Waals surface area contributed by atoms with E-state index in [-0.39, 0.29) is 29.3 Å². The maximum Gasteiger partial charge on any atom is 0.316 e. The molecule has 0 amide bonds. The summed E-state index contributed by atoms with van der Waals surface area (Å²) in [5.74, 6) is 1.88. The van der Waals surface area contributed by atoms with Crippen LogP contribution in [0.4, 0.5) is 0 Å². The fraction of sp³-hybridized carbons (Fsp3) is 0.720. The average molecular weight is 429 g/mol. The SMILES string of the molecule is C=CC[C@]12C[C@H](OC1=O)[C@@H]1[C@H](CC=C3CC4(CC[C@@]31C)OCCO4)[C@@]2(O)C#COCC. The first kappa shape index (κ1) is 21.1. The maximum atomic E-state index is 13.2. The Balaban J connectivity index is 1.59. The molecule has 4 fully saturated rings. The van der Waals surface area contributed by atoms with E-state index in [2.05, 4.69) is 31.6 Å². The van der Waals surface area contributed by atoms with Gasteiger partial charge >= 0.3 is 5.97 Å². The van der Waals surface area contributed by atoms with Gasteiger partial charge in [-0.3, -0.25) is 4.79 Å². The molecule has 3 aliphatic carbocycles. The van der Waals surface area contributed by atoms with E-state index >= 15 is 0 Å². The van der Waals surface area contributed by atoms with Gasteiger partial charge in [0.2, 0.25) is 0 Å². The first-order valence-corrected chi connectivity index (χ1v) is 11.5. The number of esters is 1. The summed E-state index contributed by atoms with van der Waals surface area (Å²) >= 11 is 0. The Labute approximate surface area is 183 Å². The lowest BCUT2D eigenvalue weighted by Crippen LogP contribution is -2.64. The standard InChI is InChI=1S/C25H32O6/c1-4-8-23-16-19(31-21(23)26)20-18(25(23,27)11-12-28-5-2)7-6-17-15-24(29-13-14-30-24)10-9-22(17,20)3/h4,6,18-20,27H,1,5,7-10,13-16H2,2-3H3/t18-,19-,20-,22-,23-,25-/m0/s1. The predicted molar refractivity (Wildman–Crippen MR) is 112 cm³/mol. The molecule has 0 unspecified atom stereocenters. The summed E-state index contributed by atoms with van der Waals surface area (Å²) < 4.78 is 23.3. The summed E-state index contributed by atoms with van der Waals surface area (Å²) in [6.45, 7) is 9.63. The van der Waals surface area contributed by atoms with Crippen molar-refractivity contribution in [3.05, 3.63) is 24.3 Å². The van der Waals surface area contributed by atoms with E-state index in [1.165, 1.54) is 5.57 Å². The van der Waals surface area contributed by atoms with Gasteiger partial charge in [0.1, 0.15) is 23.2 Å². The number of aliphatic hydroxyl groups is 1. The molecule has 1 spiro atoms. The minimum atomic E-state index is -1.54. The van der Waals surface area contributed by atoms with E-state index in [0.717, 1.165) is 19.3 Å². The summed E-state index contributed by atoms with van der Waals surface area (Å²) in [6, 6.07) is 0. The molecule has 0 radical (unpaired) electrons. The van der Waals surface area contributed by atoms with Crippen molar-refractivity contribution in [2.75, 3.05) is 19.8 Å². The first-order chi connectivity index (χ1) is 14.8. The van der Waals surface area contributed by atoms with Gasteiger partial charge < -0.3 is 24.1 Å². The number of carbonyl (C=O) groups is 1. The molecule has 2 bridgehead atoms. The third kappa shape index (κ3) is 2.73.